The van der Waals surface area contributed by atoms with Crippen molar-refractivity contribution in [3.63, 3.8) is 0 Å². The summed E-state index contributed by atoms with van der Waals surface area (Å²) in [6.07, 6.45) is 0. The van der Waals surface area contributed by atoms with Crippen molar-refractivity contribution in [2.24, 2.45) is 0 Å². The van der Waals surface area contributed by atoms with E-state index in [9.17, 15) is 4.79 Å². The van der Waals surface area contributed by atoms with Crippen molar-refractivity contribution >= 4 is 17.4 Å². The van der Waals surface area contributed by atoms with Crippen LogP contribution in [-0.2, 0) is 4.79 Å². The maximum Gasteiger partial charge on any atom is 0.243 e. The number of para-hydroxylation sites is 1. The number of benzene rings is 1. The average molecular weight is 315 g/mol. The van der Waals surface area contributed by atoms with E-state index in [2.05, 4.69) is 61.7 Å². The number of hydrogen-bond acceptors (Lipinski definition) is 4. The number of anilines is 2. The maximum atomic E-state index is 12.3. The fourth-order valence-corrected chi connectivity index (χ4v) is 2.50. The van der Waals surface area contributed by atoms with Gasteiger partial charge in [0.15, 0.2) is 5.82 Å². The van der Waals surface area contributed by atoms with Gasteiger partial charge in [0.1, 0.15) is 5.76 Å². The molecule has 124 valence electrons. The van der Waals surface area contributed by atoms with Crippen molar-refractivity contribution in [2.45, 2.75) is 46.5 Å². The number of carbonyl (C=O) groups is 1. The van der Waals surface area contributed by atoms with Gasteiger partial charge < -0.3 is 15.2 Å². The van der Waals surface area contributed by atoms with Crippen LogP contribution in [-0.4, -0.2) is 17.6 Å². The van der Waals surface area contributed by atoms with Crippen LogP contribution in [0.2, 0.25) is 0 Å². The van der Waals surface area contributed by atoms with Gasteiger partial charge in [0.05, 0.1) is 6.54 Å². The predicted molar refractivity (Wildman–Crippen MR) is 93.0 cm³/mol. The second-order valence-electron chi connectivity index (χ2n) is 6.35. The molecule has 2 aromatic rings. The van der Waals surface area contributed by atoms with Crippen LogP contribution < -0.4 is 10.6 Å². The Bertz CT molecular complexity index is 648. The van der Waals surface area contributed by atoms with Gasteiger partial charge in [-0.15, -0.1) is 0 Å². The molecule has 5 nitrogen and oxygen atoms in total. The highest BCUT2D eigenvalue weighted by atomic mass is 16.5. The lowest BCUT2D eigenvalue weighted by Crippen LogP contribution is -2.23. The van der Waals surface area contributed by atoms with Gasteiger partial charge in [-0.1, -0.05) is 51.1 Å². The highest BCUT2D eigenvalue weighted by molar-refractivity contribution is 5.95. The van der Waals surface area contributed by atoms with Crippen molar-refractivity contribution in [3.8, 4) is 0 Å². The number of rotatable bonds is 6. The molecule has 1 amide bonds. The first-order valence-electron chi connectivity index (χ1n) is 7.98. The van der Waals surface area contributed by atoms with Crippen LogP contribution in [0, 0.1) is 6.92 Å². The van der Waals surface area contributed by atoms with E-state index in [1.165, 1.54) is 0 Å². The van der Waals surface area contributed by atoms with Crippen LogP contribution in [0.4, 0.5) is 11.5 Å². The first kappa shape index (κ1) is 17.1. The van der Waals surface area contributed by atoms with E-state index in [0.29, 0.717) is 23.4 Å². The molecule has 0 radical (unpaired) electrons. The second-order valence-corrected chi connectivity index (χ2v) is 6.35. The van der Waals surface area contributed by atoms with Gasteiger partial charge >= 0.3 is 0 Å². The molecule has 0 unspecified atom stereocenters. The lowest BCUT2D eigenvalue weighted by atomic mass is 9.92. The maximum absolute atomic E-state index is 12.3. The molecule has 0 saturated carbocycles. The van der Waals surface area contributed by atoms with Gasteiger partial charge in [-0.2, -0.15) is 0 Å². The Kier molecular flexibility index (Phi) is 5.42. The highest BCUT2D eigenvalue weighted by Gasteiger charge is 2.16. The third kappa shape index (κ3) is 4.34. The number of aryl methyl sites for hydroxylation is 1. The van der Waals surface area contributed by atoms with Crippen molar-refractivity contribution in [3.05, 3.63) is 41.2 Å². The standard InChI is InChI=1S/C18H25N3O2/c1-11(2)14-7-6-8-15(12(3)4)18(14)20-17(22)10-19-16-9-13(5)23-21-16/h6-9,11-12H,10H2,1-5H3,(H,19,21)(H,20,22). The molecule has 23 heavy (non-hydrogen) atoms. The molecule has 1 aromatic carbocycles. The zero-order valence-corrected chi connectivity index (χ0v) is 14.4. The van der Waals surface area contributed by atoms with Crippen LogP contribution in [0.3, 0.4) is 0 Å². The van der Waals surface area contributed by atoms with Gasteiger partial charge in [0.25, 0.3) is 0 Å². The van der Waals surface area contributed by atoms with E-state index in [4.69, 9.17) is 4.52 Å². The third-order valence-electron chi connectivity index (χ3n) is 3.70. The molecular formula is C18H25N3O2. The van der Waals surface area contributed by atoms with E-state index >= 15 is 0 Å². The Balaban J connectivity index is 2.12. The summed E-state index contributed by atoms with van der Waals surface area (Å²) in [5, 5.41) is 9.85. The molecule has 5 heteroatoms. The number of amides is 1. The number of nitrogens with one attached hydrogen (secondary N) is 2. The molecule has 0 spiro atoms. The number of hydrogen-bond donors (Lipinski definition) is 2. The molecule has 0 fully saturated rings. The zero-order valence-electron chi connectivity index (χ0n) is 14.4. The summed E-state index contributed by atoms with van der Waals surface area (Å²) in [7, 11) is 0. The Hall–Kier alpha value is -2.30. The van der Waals surface area contributed by atoms with Crippen LogP contribution in [0.15, 0.2) is 28.8 Å². The van der Waals surface area contributed by atoms with Crippen LogP contribution in [0.5, 0.6) is 0 Å². The van der Waals surface area contributed by atoms with Crippen LogP contribution >= 0.6 is 0 Å². The van der Waals surface area contributed by atoms with Crippen molar-refractivity contribution in [1.29, 1.82) is 0 Å². The summed E-state index contributed by atoms with van der Waals surface area (Å²) in [5.74, 6) is 1.87. The summed E-state index contributed by atoms with van der Waals surface area (Å²) in [6, 6.07) is 7.95. The van der Waals surface area contributed by atoms with Crippen molar-refractivity contribution < 1.29 is 9.32 Å². The summed E-state index contributed by atoms with van der Waals surface area (Å²) in [6.45, 7) is 10.5. The Labute approximate surface area is 137 Å². The minimum atomic E-state index is -0.0966. The Morgan fingerprint density at radius 3 is 2.26 bits per heavy atom. The van der Waals surface area contributed by atoms with Gasteiger partial charge in [-0.05, 0) is 29.9 Å². The number of nitrogens with zero attached hydrogens (tertiary/aromatic N) is 1. The Morgan fingerprint density at radius 1 is 1.17 bits per heavy atom. The SMILES string of the molecule is Cc1cc(NCC(=O)Nc2c(C(C)C)cccc2C(C)C)no1. The van der Waals surface area contributed by atoms with Crippen molar-refractivity contribution in [2.75, 3.05) is 17.2 Å². The molecule has 0 saturated heterocycles. The first-order valence-corrected chi connectivity index (χ1v) is 7.98. The molecule has 0 aliphatic rings. The van der Waals surface area contributed by atoms with E-state index in [-0.39, 0.29) is 12.5 Å². The molecule has 1 aromatic heterocycles. The van der Waals surface area contributed by atoms with Crippen LogP contribution in [0.25, 0.3) is 0 Å². The molecule has 0 atom stereocenters. The second kappa shape index (κ2) is 7.31. The van der Waals surface area contributed by atoms with Crippen LogP contribution in [0.1, 0.15) is 56.4 Å². The largest absolute Gasteiger partial charge is 0.360 e. The average Bonchev–Trinajstić information content (AvgIpc) is 2.90. The van der Waals surface area contributed by atoms with Crippen molar-refractivity contribution in [1.82, 2.24) is 5.16 Å². The topological polar surface area (TPSA) is 67.2 Å². The predicted octanol–water partition coefficient (Wildman–Crippen LogP) is 4.28. The molecule has 0 aliphatic heterocycles. The number of aromatic nitrogens is 1. The molecule has 1 heterocycles. The Morgan fingerprint density at radius 2 is 1.78 bits per heavy atom. The van der Waals surface area contributed by atoms with E-state index in [1.807, 2.05) is 6.92 Å². The summed E-state index contributed by atoms with van der Waals surface area (Å²) < 4.78 is 4.97. The lowest BCUT2D eigenvalue weighted by Gasteiger charge is -2.20. The summed E-state index contributed by atoms with van der Waals surface area (Å²) in [5.41, 5.74) is 3.24. The lowest BCUT2D eigenvalue weighted by molar-refractivity contribution is -0.114. The highest BCUT2D eigenvalue weighted by Crippen LogP contribution is 2.32. The minimum Gasteiger partial charge on any atom is -0.360 e. The molecular weight excluding hydrogens is 290 g/mol. The monoisotopic (exact) mass is 315 g/mol. The van der Waals surface area contributed by atoms with E-state index in [1.54, 1.807) is 6.07 Å². The number of carbonyl (C=O) groups excluding carboxylic acids is 1. The summed E-state index contributed by atoms with van der Waals surface area (Å²) in [4.78, 5) is 12.3. The molecule has 2 N–H and O–H groups in total. The quantitative estimate of drug-likeness (QED) is 0.835. The summed E-state index contributed by atoms with van der Waals surface area (Å²) >= 11 is 0. The fourth-order valence-electron chi connectivity index (χ4n) is 2.50. The van der Waals surface area contributed by atoms with Gasteiger partial charge in [-0.3, -0.25) is 4.79 Å². The van der Waals surface area contributed by atoms with Gasteiger partial charge in [0, 0.05) is 11.8 Å². The normalized spacial score (nSPS) is 11.1. The first-order chi connectivity index (χ1) is 10.9. The zero-order chi connectivity index (χ0) is 17.0. The fraction of sp³-hybridized carbons (Fsp3) is 0.444. The minimum absolute atomic E-state index is 0.0966. The third-order valence-corrected chi connectivity index (χ3v) is 3.70. The molecule has 0 bridgehead atoms. The molecule has 0 aliphatic carbocycles. The van der Waals surface area contributed by atoms with Gasteiger partial charge in [-0.25, -0.2) is 0 Å². The smallest absolute Gasteiger partial charge is 0.243 e. The molecule has 2 rings (SSSR count). The van der Waals surface area contributed by atoms with E-state index in [0.717, 1.165) is 16.8 Å². The van der Waals surface area contributed by atoms with Gasteiger partial charge in [0.2, 0.25) is 5.91 Å². The van der Waals surface area contributed by atoms with E-state index < -0.39 is 0 Å².